The molecule has 1 saturated heterocycles. The normalized spacial score (nSPS) is 18.8. The summed E-state index contributed by atoms with van der Waals surface area (Å²) in [6, 6.07) is 14.9. The summed E-state index contributed by atoms with van der Waals surface area (Å²) < 4.78 is 0. The van der Waals surface area contributed by atoms with Crippen LogP contribution in [0.4, 0.5) is 4.79 Å². The number of nitrogens with zero attached hydrogens (tertiary/aromatic N) is 4. The smallest absolute Gasteiger partial charge is 0.319 e. The molecule has 1 unspecified atom stereocenters. The highest BCUT2D eigenvalue weighted by molar-refractivity contribution is 7.13. The molecule has 0 radical (unpaired) electrons. The number of fused-ring (bicyclic) bond motifs is 1. The number of thiazole rings is 1. The summed E-state index contributed by atoms with van der Waals surface area (Å²) in [6.07, 6.45) is 3.30. The minimum absolute atomic E-state index is 0.0916. The Bertz CT molecular complexity index is 1270. The van der Waals surface area contributed by atoms with E-state index in [2.05, 4.69) is 20.3 Å². The molecular weight excluding hydrogens is 398 g/mol. The molecule has 8 heteroatoms. The van der Waals surface area contributed by atoms with Crippen LogP contribution in [-0.4, -0.2) is 31.8 Å². The fourth-order valence-electron chi connectivity index (χ4n) is 3.74. The van der Waals surface area contributed by atoms with Gasteiger partial charge >= 0.3 is 6.03 Å². The number of carbonyl (C=O) groups is 2. The maximum Gasteiger partial charge on any atom is 0.325 e. The van der Waals surface area contributed by atoms with Gasteiger partial charge in [-0.15, -0.1) is 11.3 Å². The van der Waals surface area contributed by atoms with E-state index in [9.17, 15) is 9.59 Å². The molecule has 0 bridgehead atoms. The zero-order valence-corrected chi connectivity index (χ0v) is 16.9. The van der Waals surface area contributed by atoms with Crippen LogP contribution in [0.1, 0.15) is 18.2 Å². The van der Waals surface area contributed by atoms with Crippen molar-refractivity contribution in [1.82, 2.24) is 25.2 Å². The van der Waals surface area contributed by atoms with E-state index in [-0.39, 0.29) is 12.5 Å². The molecule has 1 aliphatic heterocycles. The van der Waals surface area contributed by atoms with E-state index < -0.39 is 11.6 Å². The van der Waals surface area contributed by atoms with Crippen LogP contribution in [0.15, 0.2) is 66.3 Å². The second kappa shape index (κ2) is 7.00. The average Bonchev–Trinajstić information content (AvgIpc) is 3.33. The molecule has 2 aromatic heterocycles. The lowest BCUT2D eigenvalue weighted by Crippen LogP contribution is -2.41. The van der Waals surface area contributed by atoms with Gasteiger partial charge in [-0.1, -0.05) is 42.5 Å². The number of urea groups is 1. The van der Waals surface area contributed by atoms with Crippen molar-refractivity contribution < 1.29 is 9.59 Å². The Morgan fingerprint density at radius 2 is 1.80 bits per heavy atom. The summed E-state index contributed by atoms with van der Waals surface area (Å²) in [7, 11) is 0. The monoisotopic (exact) mass is 415 g/mol. The molecule has 1 fully saturated rings. The Hall–Kier alpha value is -3.65. The Morgan fingerprint density at radius 3 is 2.63 bits per heavy atom. The summed E-state index contributed by atoms with van der Waals surface area (Å²) in [5.41, 5.74) is 0.255. The number of nitrogens with one attached hydrogen (secondary N) is 1. The highest BCUT2D eigenvalue weighted by atomic mass is 32.1. The first-order valence-electron chi connectivity index (χ1n) is 9.40. The van der Waals surface area contributed by atoms with E-state index in [1.165, 1.54) is 16.2 Å². The first-order chi connectivity index (χ1) is 14.6. The second-order valence-corrected chi connectivity index (χ2v) is 8.05. The third-order valence-corrected chi connectivity index (χ3v) is 6.12. The predicted octanol–water partition coefficient (Wildman–Crippen LogP) is 3.72. The Labute approximate surface area is 176 Å². The van der Waals surface area contributed by atoms with Crippen molar-refractivity contribution in [3.8, 4) is 10.8 Å². The number of carbonyl (C=O) groups excluding carboxylic acids is 2. The number of hydrogen-bond acceptors (Lipinski definition) is 6. The van der Waals surface area contributed by atoms with Gasteiger partial charge in [-0.05, 0) is 29.3 Å². The number of amides is 3. The Kier molecular flexibility index (Phi) is 4.29. The van der Waals surface area contributed by atoms with Crippen LogP contribution in [0.25, 0.3) is 21.6 Å². The summed E-state index contributed by atoms with van der Waals surface area (Å²) in [6.45, 7) is 1.84. The largest absolute Gasteiger partial charge is 0.325 e. The molecular formula is C22H17N5O2S. The molecule has 148 valence electrons. The number of hydrogen-bond donors (Lipinski definition) is 1. The van der Waals surface area contributed by atoms with Crippen molar-refractivity contribution in [2.24, 2.45) is 0 Å². The van der Waals surface area contributed by atoms with Crippen molar-refractivity contribution in [3.05, 3.63) is 77.6 Å². The first kappa shape index (κ1) is 18.4. The zero-order valence-electron chi connectivity index (χ0n) is 16.1. The number of rotatable bonds is 4. The number of benzene rings is 2. The minimum Gasteiger partial charge on any atom is -0.319 e. The Morgan fingerprint density at radius 1 is 1.03 bits per heavy atom. The zero-order chi connectivity index (χ0) is 20.7. The molecule has 7 nitrogen and oxygen atoms in total. The van der Waals surface area contributed by atoms with Crippen molar-refractivity contribution in [1.29, 1.82) is 0 Å². The van der Waals surface area contributed by atoms with Crippen LogP contribution < -0.4 is 5.32 Å². The van der Waals surface area contributed by atoms with E-state index >= 15 is 0 Å². The van der Waals surface area contributed by atoms with Crippen LogP contribution >= 0.6 is 11.3 Å². The van der Waals surface area contributed by atoms with Gasteiger partial charge in [0.15, 0.2) is 10.8 Å². The van der Waals surface area contributed by atoms with Gasteiger partial charge in [0, 0.05) is 17.8 Å². The topological polar surface area (TPSA) is 88.1 Å². The molecule has 5 rings (SSSR count). The van der Waals surface area contributed by atoms with E-state index in [4.69, 9.17) is 0 Å². The average molecular weight is 415 g/mol. The molecule has 4 aromatic rings. The molecule has 30 heavy (non-hydrogen) atoms. The lowest BCUT2D eigenvalue weighted by atomic mass is 9.88. The third-order valence-electron chi connectivity index (χ3n) is 5.23. The first-order valence-corrected chi connectivity index (χ1v) is 10.3. The standard InChI is InChI=1S/C22H17N5O2S/c1-22(17-9-4-7-14-6-2-3-8-16(14)17)20(28)27(21(29)26-22)12-15-13-30-19(25-15)18-23-10-5-11-24-18/h2-11,13H,12H2,1H3,(H,26,29). The van der Waals surface area contributed by atoms with Crippen molar-refractivity contribution >= 4 is 34.0 Å². The molecule has 2 aromatic carbocycles. The maximum absolute atomic E-state index is 13.4. The van der Waals surface area contributed by atoms with E-state index in [1.54, 1.807) is 25.4 Å². The van der Waals surface area contributed by atoms with Gasteiger partial charge in [0.2, 0.25) is 0 Å². The fraction of sp³-hybridized carbons (Fsp3) is 0.136. The molecule has 0 spiro atoms. The summed E-state index contributed by atoms with van der Waals surface area (Å²) in [4.78, 5) is 40.2. The van der Waals surface area contributed by atoms with Crippen LogP contribution in [0.3, 0.4) is 0 Å². The number of aromatic nitrogens is 3. The molecule has 1 atom stereocenters. The summed E-state index contributed by atoms with van der Waals surface area (Å²) in [5, 5.41) is 7.31. The van der Waals surface area contributed by atoms with Crippen molar-refractivity contribution in [3.63, 3.8) is 0 Å². The third kappa shape index (κ3) is 2.93. The van der Waals surface area contributed by atoms with E-state index in [1.807, 2.05) is 47.8 Å². The summed E-state index contributed by atoms with van der Waals surface area (Å²) in [5.74, 6) is 0.223. The van der Waals surface area contributed by atoms with E-state index in [0.29, 0.717) is 16.5 Å². The van der Waals surface area contributed by atoms with Gasteiger partial charge in [0.05, 0.1) is 12.2 Å². The highest BCUT2D eigenvalue weighted by Crippen LogP contribution is 2.34. The van der Waals surface area contributed by atoms with Gasteiger partial charge in [-0.2, -0.15) is 0 Å². The second-order valence-electron chi connectivity index (χ2n) is 7.19. The van der Waals surface area contributed by atoms with E-state index in [0.717, 1.165) is 16.3 Å². The summed E-state index contributed by atoms with van der Waals surface area (Å²) >= 11 is 1.38. The number of imide groups is 1. The fourth-order valence-corrected chi connectivity index (χ4v) is 4.49. The molecule has 0 aliphatic carbocycles. The van der Waals surface area contributed by atoms with Crippen molar-refractivity contribution in [2.45, 2.75) is 19.0 Å². The lowest BCUT2D eigenvalue weighted by Gasteiger charge is -2.24. The van der Waals surface area contributed by atoms with Gasteiger partial charge in [0.1, 0.15) is 5.54 Å². The van der Waals surface area contributed by atoms with Crippen LogP contribution in [0.5, 0.6) is 0 Å². The molecule has 1 N–H and O–H groups in total. The molecule has 3 heterocycles. The van der Waals surface area contributed by atoms with Gasteiger partial charge in [-0.3, -0.25) is 9.69 Å². The van der Waals surface area contributed by atoms with Gasteiger partial charge in [-0.25, -0.2) is 19.7 Å². The van der Waals surface area contributed by atoms with Crippen molar-refractivity contribution in [2.75, 3.05) is 0 Å². The molecule has 0 saturated carbocycles. The van der Waals surface area contributed by atoms with Crippen LogP contribution in [0.2, 0.25) is 0 Å². The lowest BCUT2D eigenvalue weighted by molar-refractivity contribution is -0.131. The van der Waals surface area contributed by atoms with Crippen LogP contribution in [-0.2, 0) is 16.9 Å². The van der Waals surface area contributed by atoms with Crippen LogP contribution in [0, 0.1) is 0 Å². The molecule has 1 aliphatic rings. The maximum atomic E-state index is 13.4. The SMILES string of the molecule is CC1(c2cccc3ccccc23)NC(=O)N(Cc2csc(-c3ncccn3)n2)C1=O. The van der Waals surface area contributed by atoms with Gasteiger partial charge < -0.3 is 5.32 Å². The van der Waals surface area contributed by atoms with Gasteiger partial charge in [0.25, 0.3) is 5.91 Å². The molecule has 3 amide bonds. The quantitative estimate of drug-likeness (QED) is 0.513. The highest BCUT2D eigenvalue weighted by Gasteiger charge is 2.49. The Balaban J connectivity index is 1.45. The minimum atomic E-state index is -1.14. The predicted molar refractivity (Wildman–Crippen MR) is 114 cm³/mol.